The summed E-state index contributed by atoms with van der Waals surface area (Å²) in [7, 11) is 0. The van der Waals surface area contributed by atoms with E-state index in [-0.39, 0.29) is 11.6 Å². The molecule has 3 fully saturated rings. The Kier molecular flexibility index (Phi) is 4.76. The summed E-state index contributed by atoms with van der Waals surface area (Å²) in [5, 5.41) is 12.7. The van der Waals surface area contributed by atoms with Crippen molar-refractivity contribution >= 4 is 11.8 Å². The minimum Gasteiger partial charge on any atom is -0.459 e. The van der Waals surface area contributed by atoms with E-state index in [0.29, 0.717) is 55.0 Å². The van der Waals surface area contributed by atoms with Crippen molar-refractivity contribution in [2.45, 2.75) is 31.7 Å². The van der Waals surface area contributed by atoms with E-state index in [1.54, 1.807) is 18.4 Å². The Labute approximate surface area is 169 Å². The summed E-state index contributed by atoms with van der Waals surface area (Å²) in [6.45, 7) is 3.29. The summed E-state index contributed by atoms with van der Waals surface area (Å²) in [6, 6.07) is 6.02. The van der Waals surface area contributed by atoms with Gasteiger partial charge in [0.15, 0.2) is 5.76 Å². The molecule has 152 valence electrons. The van der Waals surface area contributed by atoms with E-state index >= 15 is 0 Å². The maximum atomic E-state index is 12.5. The van der Waals surface area contributed by atoms with Gasteiger partial charge < -0.3 is 19.1 Å². The molecule has 2 aliphatic carbocycles. The summed E-state index contributed by atoms with van der Waals surface area (Å²) in [5.41, 5.74) is 0.263. The van der Waals surface area contributed by atoms with E-state index in [4.69, 9.17) is 8.83 Å². The molecule has 8 nitrogen and oxygen atoms in total. The normalized spacial score (nSPS) is 20.1. The highest BCUT2D eigenvalue weighted by Crippen LogP contribution is 2.44. The van der Waals surface area contributed by atoms with Crippen molar-refractivity contribution in [1.82, 2.24) is 15.2 Å². The zero-order valence-electron chi connectivity index (χ0n) is 16.3. The first-order valence-electron chi connectivity index (χ1n) is 10.4. The number of hydrogen-bond donors (Lipinski definition) is 1. The lowest BCUT2D eigenvalue weighted by Crippen LogP contribution is -2.51. The van der Waals surface area contributed by atoms with E-state index in [0.717, 1.165) is 13.1 Å². The minimum absolute atomic E-state index is 0.139. The molecule has 2 aromatic rings. The smallest absolute Gasteiger partial charge is 0.266 e. The number of anilines is 1. The van der Waals surface area contributed by atoms with Crippen LogP contribution in [0.15, 0.2) is 27.2 Å². The van der Waals surface area contributed by atoms with Gasteiger partial charge in [-0.05, 0) is 49.7 Å². The lowest BCUT2D eigenvalue weighted by atomic mass is 10.1. The Morgan fingerprint density at radius 1 is 1.24 bits per heavy atom. The van der Waals surface area contributed by atoms with E-state index in [1.165, 1.54) is 25.7 Å². The second-order valence-corrected chi connectivity index (χ2v) is 8.29. The fourth-order valence-corrected chi connectivity index (χ4v) is 4.18. The van der Waals surface area contributed by atoms with Crippen LogP contribution in [0.1, 0.15) is 31.4 Å². The molecule has 0 unspecified atom stereocenters. The van der Waals surface area contributed by atoms with Gasteiger partial charge in [0.05, 0.1) is 12.8 Å². The van der Waals surface area contributed by atoms with Crippen molar-refractivity contribution < 1.29 is 13.6 Å². The number of amides is 1. The molecule has 8 heteroatoms. The van der Waals surface area contributed by atoms with Crippen LogP contribution in [0.2, 0.25) is 0 Å². The third-order valence-electron chi connectivity index (χ3n) is 6.06. The van der Waals surface area contributed by atoms with Crippen LogP contribution in [0.3, 0.4) is 0 Å². The first-order valence-corrected chi connectivity index (χ1v) is 10.4. The topological polar surface area (TPSA) is 98.5 Å². The Morgan fingerprint density at radius 2 is 1.97 bits per heavy atom. The van der Waals surface area contributed by atoms with Crippen LogP contribution in [0.5, 0.6) is 0 Å². The molecule has 0 radical (unpaired) electrons. The molecule has 1 aliphatic heterocycles. The Hall–Kier alpha value is -2.79. The van der Waals surface area contributed by atoms with Crippen molar-refractivity contribution in [3.8, 4) is 17.7 Å². The summed E-state index contributed by atoms with van der Waals surface area (Å²) in [4.78, 5) is 21.0. The molecule has 1 N–H and O–H groups in total. The average Bonchev–Trinajstić information content (AvgIpc) is 3.65. The third-order valence-corrected chi connectivity index (χ3v) is 6.06. The third kappa shape index (κ3) is 4.01. The second kappa shape index (κ2) is 7.56. The minimum atomic E-state index is 0.139. The predicted molar refractivity (Wildman–Crippen MR) is 105 cm³/mol. The van der Waals surface area contributed by atoms with E-state index in [9.17, 15) is 10.1 Å². The maximum absolute atomic E-state index is 12.5. The van der Waals surface area contributed by atoms with Crippen LogP contribution >= 0.6 is 0 Å². The predicted octanol–water partition coefficient (Wildman–Crippen LogP) is 2.23. The van der Waals surface area contributed by atoms with Gasteiger partial charge in [0, 0.05) is 32.2 Å². The lowest BCUT2D eigenvalue weighted by Gasteiger charge is -2.34. The molecular weight excluding hydrogens is 370 g/mol. The molecule has 1 amide bonds. The van der Waals surface area contributed by atoms with Crippen LogP contribution in [0.25, 0.3) is 11.7 Å². The molecular formula is C21H25N5O3. The van der Waals surface area contributed by atoms with Gasteiger partial charge >= 0.3 is 0 Å². The zero-order chi connectivity index (χ0) is 19.8. The van der Waals surface area contributed by atoms with E-state index < -0.39 is 0 Å². The van der Waals surface area contributed by atoms with Gasteiger partial charge in [-0.2, -0.15) is 10.2 Å². The molecule has 0 bridgehead atoms. The summed E-state index contributed by atoms with van der Waals surface area (Å²) in [5.74, 6) is 2.86. The number of furan rings is 1. The van der Waals surface area contributed by atoms with Crippen LogP contribution in [0, 0.1) is 23.2 Å². The number of oxazole rings is 1. The van der Waals surface area contributed by atoms with Crippen molar-refractivity contribution in [1.29, 1.82) is 5.26 Å². The molecule has 0 atom stereocenters. The molecule has 3 heterocycles. The van der Waals surface area contributed by atoms with Gasteiger partial charge in [0.25, 0.3) is 5.89 Å². The number of nitrogens with one attached hydrogen (secondary N) is 1. The Bertz CT molecular complexity index is 887. The lowest BCUT2D eigenvalue weighted by molar-refractivity contribution is -0.123. The van der Waals surface area contributed by atoms with Crippen LogP contribution in [-0.4, -0.2) is 54.6 Å². The molecule has 3 aliphatic rings. The van der Waals surface area contributed by atoms with Gasteiger partial charge in [0.2, 0.25) is 17.5 Å². The molecule has 2 aromatic heterocycles. The average molecular weight is 395 g/mol. The SMILES string of the molecule is N#Cc1nc(-c2ccco2)oc1N1CCN(CC(=O)NC(C2CC2)C2CC2)CC1. The fourth-order valence-electron chi connectivity index (χ4n) is 4.18. The second-order valence-electron chi connectivity index (χ2n) is 8.29. The Morgan fingerprint density at radius 3 is 2.55 bits per heavy atom. The van der Waals surface area contributed by atoms with E-state index in [2.05, 4.69) is 21.3 Å². The number of rotatable bonds is 7. The monoisotopic (exact) mass is 395 g/mol. The van der Waals surface area contributed by atoms with Gasteiger partial charge in [-0.3, -0.25) is 9.69 Å². The van der Waals surface area contributed by atoms with Gasteiger partial charge in [0.1, 0.15) is 6.07 Å². The molecule has 0 spiro atoms. The number of hydrogen-bond acceptors (Lipinski definition) is 7. The fraction of sp³-hybridized carbons (Fsp3) is 0.571. The zero-order valence-corrected chi connectivity index (χ0v) is 16.3. The first kappa shape index (κ1) is 18.3. The van der Waals surface area contributed by atoms with Crippen LogP contribution in [0.4, 0.5) is 5.88 Å². The molecule has 2 saturated carbocycles. The van der Waals surface area contributed by atoms with Crippen molar-refractivity contribution in [2.75, 3.05) is 37.6 Å². The highest BCUT2D eigenvalue weighted by atomic mass is 16.4. The number of nitrogens with zero attached hydrogens (tertiary/aromatic N) is 4. The van der Waals surface area contributed by atoms with Crippen LogP contribution < -0.4 is 10.2 Å². The molecule has 1 saturated heterocycles. The van der Waals surface area contributed by atoms with Crippen molar-refractivity contribution in [3.05, 3.63) is 24.1 Å². The summed E-state index contributed by atoms with van der Waals surface area (Å²) >= 11 is 0. The van der Waals surface area contributed by atoms with Crippen molar-refractivity contribution in [3.63, 3.8) is 0 Å². The largest absolute Gasteiger partial charge is 0.459 e. The van der Waals surface area contributed by atoms with Gasteiger partial charge in [-0.25, -0.2) is 0 Å². The van der Waals surface area contributed by atoms with Crippen LogP contribution in [-0.2, 0) is 4.79 Å². The quantitative estimate of drug-likeness (QED) is 0.767. The highest BCUT2D eigenvalue weighted by molar-refractivity contribution is 5.78. The molecule has 29 heavy (non-hydrogen) atoms. The standard InChI is InChI=1S/C21H25N5O3/c22-12-16-21(29-20(23-16)17-2-1-11-28-17)26-9-7-25(8-10-26)13-18(27)24-19(14-3-4-14)15-5-6-15/h1-2,11,14-15,19H,3-10,13H2,(H,24,27). The maximum Gasteiger partial charge on any atom is 0.266 e. The number of carbonyl (C=O) groups is 1. The number of carbonyl (C=O) groups excluding carboxylic acids is 1. The summed E-state index contributed by atoms with van der Waals surface area (Å²) in [6.07, 6.45) is 6.60. The highest BCUT2D eigenvalue weighted by Gasteiger charge is 2.42. The molecule has 0 aromatic carbocycles. The van der Waals surface area contributed by atoms with E-state index in [1.807, 2.05) is 4.90 Å². The number of aromatic nitrogens is 1. The summed E-state index contributed by atoms with van der Waals surface area (Å²) < 4.78 is 11.1. The first-order chi connectivity index (χ1) is 14.2. The van der Waals surface area contributed by atoms with Crippen molar-refractivity contribution in [2.24, 2.45) is 11.8 Å². The Balaban J connectivity index is 1.16. The van der Waals surface area contributed by atoms with Gasteiger partial charge in [-0.1, -0.05) is 0 Å². The number of piperazine rings is 1. The molecule has 5 rings (SSSR count). The van der Waals surface area contributed by atoms with Gasteiger partial charge in [-0.15, -0.1) is 0 Å². The number of nitriles is 1.